The fourth-order valence-electron chi connectivity index (χ4n) is 9.12. The van der Waals surface area contributed by atoms with Gasteiger partial charge in [-0.15, -0.1) is 0 Å². The number of carbonyl (C=O) groups is 2. The summed E-state index contributed by atoms with van der Waals surface area (Å²) in [5.74, 6) is 2.02. The fourth-order valence-corrected chi connectivity index (χ4v) is 9.86. The number of pyridine rings is 1. The van der Waals surface area contributed by atoms with Gasteiger partial charge in [-0.1, -0.05) is 24.1 Å². The summed E-state index contributed by atoms with van der Waals surface area (Å²) >= 11 is 1.72. The zero-order valence-electron chi connectivity index (χ0n) is 32.8. The number of likely N-dealkylation sites (tertiary alicyclic amines) is 1. The number of imide groups is 1. The van der Waals surface area contributed by atoms with Crippen molar-refractivity contribution in [3.63, 3.8) is 0 Å². The van der Waals surface area contributed by atoms with Crippen LogP contribution in [0.1, 0.15) is 61.8 Å². The van der Waals surface area contributed by atoms with E-state index >= 15 is 0 Å². The van der Waals surface area contributed by atoms with Crippen molar-refractivity contribution in [3.8, 4) is 11.3 Å². The number of hydrogen-bond acceptors (Lipinski definition) is 11. The highest BCUT2D eigenvalue weighted by molar-refractivity contribution is 7.97. The normalized spacial score (nSPS) is 19.7. The lowest BCUT2D eigenvalue weighted by molar-refractivity contribution is -0.120. The second-order valence-electron chi connectivity index (χ2n) is 16.0. The zero-order chi connectivity index (χ0) is 38.6. The molecule has 2 aromatic heterocycles. The van der Waals surface area contributed by atoms with Gasteiger partial charge in [0.1, 0.15) is 18.0 Å². The first-order valence-electron chi connectivity index (χ1n) is 20.2. The van der Waals surface area contributed by atoms with Crippen LogP contribution in [-0.4, -0.2) is 91.2 Å². The summed E-state index contributed by atoms with van der Waals surface area (Å²) in [5, 5.41) is 6.16. The highest BCUT2D eigenvalue weighted by Gasteiger charge is 2.41. The zero-order valence-corrected chi connectivity index (χ0v) is 33.7. The van der Waals surface area contributed by atoms with Gasteiger partial charge in [0, 0.05) is 80.5 Å². The Kier molecular flexibility index (Phi) is 11.4. The Labute approximate surface area is 335 Å². The molecule has 56 heavy (non-hydrogen) atoms. The standard InChI is InChI=1S/C43H54N10O2S/c1-30-24-33(4-10-37(30)31(2)56-44-3)38-25-40(47-29-46-38)48-39-11-9-36(26-45-39)52-22-16-43(17-23-52)15-21-50(28-43)27-32-12-18-51(19-13-32)34-5-7-35(8-6-34)53-20-14-41(54)49-42(53)55/h4-11,24-26,29,31-32,44H,12-23,27-28H2,1-3H3,(H,49,54,55)(H,45,46,47,48). The van der Waals surface area contributed by atoms with Crippen LogP contribution in [0.25, 0.3) is 11.3 Å². The molecule has 6 heterocycles. The monoisotopic (exact) mass is 774 g/mol. The second kappa shape index (κ2) is 16.8. The Bertz CT molecular complexity index is 1990. The van der Waals surface area contributed by atoms with Crippen molar-refractivity contribution >= 4 is 52.6 Å². The van der Waals surface area contributed by atoms with E-state index < -0.39 is 0 Å². The largest absolute Gasteiger partial charge is 0.372 e. The van der Waals surface area contributed by atoms with Crippen LogP contribution in [0, 0.1) is 18.3 Å². The lowest BCUT2D eigenvalue weighted by Crippen LogP contribution is -2.49. The van der Waals surface area contributed by atoms with E-state index in [-0.39, 0.29) is 11.9 Å². The molecule has 0 saturated carbocycles. The number of benzene rings is 2. The molecule has 8 rings (SSSR count). The van der Waals surface area contributed by atoms with Gasteiger partial charge in [0.25, 0.3) is 0 Å². The number of rotatable bonds is 11. The van der Waals surface area contributed by atoms with Crippen LogP contribution in [-0.2, 0) is 4.79 Å². The number of amides is 3. The lowest BCUT2D eigenvalue weighted by atomic mass is 9.77. The molecule has 4 aromatic rings. The van der Waals surface area contributed by atoms with E-state index in [1.807, 2.05) is 31.4 Å². The molecular weight excluding hydrogens is 721 g/mol. The number of carbonyl (C=O) groups excluding carboxylic acids is 2. The molecule has 1 unspecified atom stereocenters. The summed E-state index contributed by atoms with van der Waals surface area (Å²) in [4.78, 5) is 46.9. The van der Waals surface area contributed by atoms with Crippen LogP contribution in [0.15, 0.2) is 73.2 Å². The lowest BCUT2D eigenvalue weighted by Gasteiger charge is -2.41. The Morgan fingerprint density at radius 3 is 2.29 bits per heavy atom. The molecule has 4 aliphatic rings. The van der Waals surface area contributed by atoms with Gasteiger partial charge in [-0.2, -0.15) is 0 Å². The van der Waals surface area contributed by atoms with Gasteiger partial charge < -0.3 is 20.0 Å². The minimum atomic E-state index is -0.336. The predicted octanol–water partition coefficient (Wildman–Crippen LogP) is 7.17. The predicted molar refractivity (Wildman–Crippen MR) is 227 cm³/mol. The highest BCUT2D eigenvalue weighted by atomic mass is 32.2. The van der Waals surface area contributed by atoms with Gasteiger partial charge in [0.2, 0.25) is 5.91 Å². The molecule has 4 fully saturated rings. The molecule has 12 nitrogen and oxygen atoms in total. The molecule has 13 heteroatoms. The maximum absolute atomic E-state index is 12.2. The summed E-state index contributed by atoms with van der Waals surface area (Å²) in [6.45, 7) is 12.7. The number of aromatic nitrogens is 3. The first kappa shape index (κ1) is 38.2. The van der Waals surface area contributed by atoms with E-state index in [2.05, 4.69) is 96.3 Å². The van der Waals surface area contributed by atoms with E-state index in [1.54, 1.807) is 23.2 Å². The Morgan fingerprint density at radius 2 is 1.57 bits per heavy atom. The first-order chi connectivity index (χ1) is 27.2. The molecule has 1 spiro atoms. The summed E-state index contributed by atoms with van der Waals surface area (Å²) in [7, 11) is 1.96. The minimum absolute atomic E-state index is 0.206. The summed E-state index contributed by atoms with van der Waals surface area (Å²) < 4.78 is 3.19. The van der Waals surface area contributed by atoms with Crippen molar-refractivity contribution < 1.29 is 9.59 Å². The van der Waals surface area contributed by atoms with E-state index in [4.69, 9.17) is 4.98 Å². The van der Waals surface area contributed by atoms with Crippen LogP contribution in [0.2, 0.25) is 0 Å². The van der Waals surface area contributed by atoms with Crippen LogP contribution in [0.4, 0.5) is 33.5 Å². The Morgan fingerprint density at radius 1 is 0.839 bits per heavy atom. The highest BCUT2D eigenvalue weighted by Crippen LogP contribution is 2.42. The van der Waals surface area contributed by atoms with Gasteiger partial charge in [0.15, 0.2) is 0 Å². The average molecular weight is 775 g/mol. The smallest absolute Gasteiger partial charge is 0.328 e. The van der Waals surface area contributed by atoms with Crippen molar-refractivity contribution in [2.24, 2.45) is 11.3 Å². The number of aryl methyl sites for hydroxylation is 1. The third-order valence-corrected chi connectivity index (χ3v) is 13.2. The van der Waals surface area contributed by atoms with Crippen LogP contribution in [0.5, 0.6) is 0 Å². The van der Waals surface area contributed by atoms with Gasteiger partial charge in [-0.05, 0) is 124 Å². The molecule has 294 valence electrons. The van der Waals surface area contributed by atoms with Crippen molar-refractivity contribution in [3.05, 3.63) is 84.3 Å². The fraction of sp³-hybridized carbons (Fsp3) is 0.465. The SMILES string of the molecule is CNSC(C)c1ccc(-c2cc(Nc3ccc(N4CCC5(CCN(CC6CCN(c7ccc(N8CCC(=O)NC8=O)cc7)CC6)C5)CC4)cn3)ncn2)cc1C. The summed E-state index contributed by atoms with van der Waals surface area (Å²) in [5.41, 5.74) is 8.17. The molecule has 2 aromatic carbocycles. The number of hydrogen-bond donors (Lipinski definition) is 3. The quantitative estimate of drug-likeness (QED) is 0.135. The second-order valence-corrected chi connectivity index (χ2v) is 17.4. The van der Waals surface area contributed by atoms with Crippen molar-refractivity contribution in [2.45, 2.75) is 57.6 Å². The summed E-state index contributed by atoms with van der Waals surface area (Å²) in [6.07, 6.45) is 10.1. The van der Waals surface area contributed by atoms with Crippen LogP contribution >= 0.6 is 11.9 Å². The molecule has 3 N–H and O–H groups in total. The summed E-state index contributed by atoms with van der Waals surface area (Å²) in [6, 6.07) is 20.6. The Hall–Kier alpha value is -4.72. The number of anilines is 5. The first-order valence-corrected chi connectivity index (χ1v) is 21.0. The third kappa shape index (κ3) is 8.64. The topological polar surface area (TPSA) is 122 Å². The Balaban J connectivity index is 0.781. The molecular formula is C43H54N10O2S. The number of piperidine rings is 2. The van der Waals surface area contributed by atoms with E-state index in [0.29, 0.717) is 23.6 Å². The molecule has 4 aliphatic heterocycles. The molecule has 0 radical (unpaired) electrons. The van der Waals surface area contributed by atoms with Crippen molar-refractivity contribution in [1.29, 1.82) is 0 Å². The molecule has 3 amide bonds. The minimum Gasteiger partial charge on any atom is -0.372 e. The molecule has 4 saturated heterocycles. The van der Waals surface area contributed by atoms with Crippen molar-refractivity contribution in [2.75, 3.05) is 79.4 Å². The van der Waals surface area contributed by atoms with E-state index in [0.717, 1.165) is 60.7 Å². The maximum Gasteiger partial charge on any atom is 0.328 e. The average Bonchev–Trinajstić information content (AvgIpc) is 3.60. The molecule has 0 bridgehead atoms. The van der Waals surface area contributed by atoms with Crippen LogP contribution in [0.3, 0.4) is 0 Å². The number of nitrogens with one attached hydrogen (secondary N) is 3. The number of urea groups is 1. The van der Waals surface area contributed by atoms with E-state index in [1.165, 1.54) is 74.2 Å². The molecule has 1 atom stereocenters. The maximum atomic E-state index is 12.2. The van der Waals surface area contributed by atoms with E-state index in [9.17, 15) is 9.59 Å². The van der Waals surface area contributed by atoms with Gasteiger partial charge >= 0.3 is 6.03 Å². The van der Waals surface area contributed by atoms with Crippen molar-refractivity contribution in [1.82, 2.24) is 29.9 Å². The van der Waals surface area contributed by atoms with Crippen LogP contribution < -0.4 is 30.1 Å². The van der Waals surface area contributed by atoms with Gasteiger partial charge in [0.05, 0.1) is 17.6 Å². The van der Waals surface area contributed by atoms with Gasteiger partial charge in [-0.3, -0.25) is 19.7 Å². The molecule has 0 aliphatic carbocycles. The number of nitrogens with zero attached hydrogens (tertiary/aromatic N) is 7. The third-order valence-electron chi connectivity index (χ3n) is 12.4. The van der Waals surface area contributed by atoms with Gasteiger partial charge in [-0.25, -0.2) is 19.7 Å².